The molecule has 2 aliphatic carbocycles. The van der Waals surface area contributed by atoms with Crippen molar-refractivity contribution in [2.45, 2.75) is 75.4 Å². The number of amides is 1. The van der Waals surface area contributed by atoms with Crippen molar-refractivity contribution in [1.82, 2.24) is 30.3 Å². The molecule has 0 aliphatic heterocycles. The third-order valence-electron chi connectivity index (χ3n) is 6.72. The molecule has 2 fully saturated rings. The van der Waals surface area contributed by atoms with Crippen LogP contribution in [-0.2, 0) is 11.2 Å². The minimum Gasteiger partial charge on any atom is -0.356 e. The van der Waals surface area contributed by atoms with E-state index in [-0.39, 0.29) is 35.3 Å². The fraction of sp³-hybridized carbons (Fsp3) is 0.818. The van der Waals surface area contributed by atoms with Crippen LogP contribution in [0.25, 0.3) is 0 Å². The van der Waals surface area contributed by atoms with Gasteiger partial charge in [-0.1, -0.05) is 37.4 Å². The molecule has 2 aliphatic rings. The maximum atomic E-state index is 12.8. The van der Waals surface area contributed by atoms with Gasteiger partial charge >= 0.3 is 0 Å². The second kappa shape index (κ2) is 13.0. The standard InChI is InChI=1S/C22H39N7OS.HI/c1-23-20(25-16-22(13-7-8-14-22)19(30)28(2)3)24-15-9-12-18-26-27-21(31-4)29(18)17-10-5-6-11-17;/h17H,5-16H2,1-4H3,(H2,23,24,25);1H. The van der Waals surface area contributed by atoms with Gasteiger partial charge in [-0.15, -0.1) is 34.2 Å². The van der Waals surface area contributed by atoms with Crippen molar-refractivity contribution in [2.24, 2.45) is 10.4 Å². The summed E-state index contributed by atoms with van der Waals surface area (Å²) >= 11 is 1.69. The van der Waals surface area contributed by atoms with E-state index in [9.17, 15) is 4.79 Å². The van der Waals surface area contributed by atoms with Crippen LogP contribution in [0, 0.1) is 5.41 Å². The highest BCUT2D eigenvalue weighted by molar-refractivity contribution is 14.0. The SMILES string of the molecule is CN=C(NCCCc1nnc(SC)n1C1CCCC1)NCC1(C(=O)N(C)C)CCCC1.I. The van der Waals surface area contributed by atoms with Crippen molar-refractivity contribution in [3.05, 3.63) is 5.82 Å². The van der Waals surface area contributed by atoms with E-state index in [0.29, 0.717) is 12.6 Å². The Bertz CT molecular complexity index is 755. The number of guanidine groups is 1. The quantitative estimate of drug-likeness (QED) is 0.154. The number of nitrogens with one attached hydrogen (secondary N) is 2. The van der Waals surface area contributed by atoms with Gasteiger partial charge in [-0.25, -0.2) is 0 Å². The number of aromatic nitrogens is 3. The van der Waals surface area contributed by atoms with Crippen LogP contribution in [0.15, 0.2) is 10.1 Å². The molecule has 1 heterocycles. The molecule has 2 saturated carbocycles. The van der Waals surface area contributed by atoms with Crippen molar-refractivity contribution >= 4 is 47.6 Å². The van der Waals surface area contributed by atoms with Crippen LogP contribution in [0.4, 0.5) is 0 Å². The highest BCUT2D eigenvalue weighted by atomic mass is 127. The predicted octanol–water partition coefficient (Wildman–Crippen LogP) is 3.48. The number of hydrogen-bond donors (Lipinski definition) is 2. The minimum absolute atomic E-state index is 0. The summed E-state index contributed by atoms with van der Waals surface area (Å²) in [6, 6.07) is 0.562. The molecule has 0 bridgehead atoms. The molecule has 1 amide bonds. The van der Waals surface area contributed by atoms with Crippen LogP contribution in [0.1, 0.15) is 69.7 Å². The van der Waals surface area contributed by atoms with Gasteiger partial charge in [0.25, 0.3) is 0 Å². The summed E-state index contributed by atoms with van der Waals surface area (Å²) in [5, 5.41) is 16.7. The van der Waals surface area contributed by atoms with Crippen LogP contribution in [0.5, 0.6) is 0 Å². The first-order valence-corrected chi connectivity index (χ1v) is 12.9. The lowest BCUT2D eigenvalue weighted by Crippen LogP contribution is -2.49. The number of carbonyl (C=O) groups excluding carboxylic acids is 1. The molecule has 0 atom stereocenters. The van der Waals surface area contributed by atoms with Crippen LogP contribution in [0.3, 0.4) is 0 Å². The topological polar surface area (TPSA) is 87.4 Å². The average molecular weight is 578 g/mol. The van der Waals surface area contributed by atoms with E-state index in [0.717, 1.165) is 62.0 Å². The predicted molar refractivity (Wildman–Crippen MR) is 142 cm³/mol. The fourth-order valence-electron chi connectivity index (χ4n) is 5.07. The smallest absolute Gasteiger partial charge is 0.230 e. The molecule has 8 nitrogen and oxygen atoms in total. The Kier molecular flexibility index (Phi) is 11.1. The average Bonchev–Trinajstić information content (AvgIpc) is 3.53. The Hall–Kier alpha value is -1.04. The second-order valence-corrected chi connectivity index (χ2v) is 9.83. The normalized spacial score (nSPS) is 18.4. The largest absolute Gasteiger partial charge is 0.356 e. The minimum atomic E-state index is -0.299. The summed E-state index contributed by atoms with van der Waals surface area (Å²) in [5.41, 5.74) is -0.299. The molecule has 32 heavy (non-hydrogen) atoms. The summed E-state index contributed by atoms with van der Waals surface area (Å²) in [4.78, 5) is 18.9. The molecule has 0 aromatic carbocycles. The number of rotatable bonds is 9. The summed E-state index contributed by atoms with van der Waals surface area (Å²) in [5.74, 6) is 2.09. The molecule has 0 saturated heterocycles. The van der Waals surface area contributed by atoms with Gasteiger partial charge in [-0.2, -0.15) is 0 Å². The van der Waals surface area contributed by atoms with Gasteiger partial charge in [0.15, 0.2) is 11.1 Å². The number of halogens is 1. The van der Waals surface area contributed by atoms with Gasteiger partial charge in [0.1, 0.15) is 5.82 Å². The summed E-state index contributed by atoms with van der Waals surface area (Å²) in [6.45, 7) is 1.44. The van der Waals surface area contributed by atoms with E-state index in [1.807, 2.05) is 14.1 Å². The molecule has 0 spiro atoms. The number of aryl methyl sites for hydroxylation is 1. The maximum absolute atomic E-state index is 12.8. The first kappa shape index (κ1) is 27.2. The first-order chi connectivity index (χ1) is 15.0. The third-order valence-corrected chi connectivity index (χ3v) is 7.36. The zero-order valence-corrected chi connectivity index (χ0v) is 23.2. The Morgan fingerprint density at radius 3 is 2.47 bits per heavy atom. The number of thioether (sulfide) groups is 1. The van der Waals surface area contributed by atoms with E-state index < -0.39 is 0 Å². The van der Waals surface area contributed by atoms with Gasteiger partial charge < -0.3 is 20.1 Å². The third kappa shape index (κ3) is 6.51. The lowest BCUT2D eigenvalue weighted by Gasteiger charge is -2.31. The van der Waals surface area contributed by atoms with Gasteiger partial charge in [-0.05, 0) is 38.4 Å². The Morgan fingerprint density at radius 2 is 1.88 bits per heavy atom. The molecule has 2 N–H and O–H groups in total. The van der Waals surface area contributed by atoms with Crippen molar-refractivity contribution in [2.75, 3.05) is 40.5 Å². The summed E-state index contributed by atoms with van der Waals surface area (Å²) < 4.78 is 2.38. The van der Waals surface area contributed by atoms with Crippen LogP contribution < -0.4 is 10.6 Å². The highest BCUT2D eigenvalue weighted by Crippen LogP contribution is 2.39. The molecule has 1 aromatic heterocycles. The molecule has 0 radical (unpaired) electrons. The van der Waals surface area contributed by atoms with E-state index >= 15 is 0 Å². The molecule has 182 valence electrons. The lowest BCUT2D eigenvalue weighted by atomic mass is 9.84. The molecule has 10 heteroatoms. The Balaban J connectivity index is 0.00000363. The molecular formula is C22H40IN7OS. The van der Waals surface area contributed by atoms with Gasteiger partial charge in [0, 0.05) is 46.7 Å². The monoisotopic (exact) mass is 577 g/mol. The molecule has 0 unspecified atom stereocenters. The zero-order valence-electron chi connectivity index (χ0n) is 20.0. The second-order valence-electron chi connectivity index (χ2n) is 9.05. The Morgan fingerprint density at radius 1 is 1.19 bits per heavy atom. The van der Waals surface area contributed by atoms with Crippen LogP contribution in [-0.4, -0.2) is 72.0 Å². The van der Waals surface area contributed by atoms with Crippen molar-refractivity contribution in [1.29, 1.82) is 0 Å². The highest BCUT2D eigenvalue weighted by Gasteiger charge is 2.42. The molecule has 1 aromatic rings. The van der Waals surface area contributed by atoms with Gasteiger partial charge in [0.2, 0.25) is 5.91 Å². The number of aliphatic imine (C=N–C) groups is 1. The van der Waals surface area contributed by atoms with Gasteiger partial charge in [0.05, 0.1) is 5.41 Å². The summed E-state index contributed by atoms with van der Waals surface area (Å²) in [6.07, 6.45) is 13.1. The maximum Gasteiger partial charge on any atom is 0.230 e. The van der Waals surface area contributed by atoms with Crippen LogP contribution in [0.2, 0.25) is 0 Å². The first-order valence-electron chi connectivity index (χ1n) is 11.6. The van der Waals surface area contributed by atoms with Crippen molar-refractivity contribution in [3.8, 4) is 0 Å². The zero-order chi connectivity index (χ0) is 22.3. The van der Waals surface area contributed by atoms with E-state index in [1.165, 1.54) is 25.7 Å². The number of carbonyl (C=O) groups is 1. The van der Waals surface area contributed by atoms with E-state index in [2.05, 4.69) is 36.6 Å². The van der Waals surface area contributed by atoms with Crippen molar-refractivity contribution < 1.29 is 4.79 Å². The lowest BCUT2D eigenvalue weighted by molar-refractivity contribution is -0.138. The number of hydrogen-bond acceptors (Lipinski definition) is 5. The van der Waals surface area contributed by atoms with Crippen LogP contribution >= 0.6 is 35.7 Å². The number of nitrogens with zero attached hydrogens (tertiary/aromatic N) is 5. The van der Waals surface area contributed by atoms with E-state index in [1.54, 1.807) is 23.7 Å². The van der Waals surface area contributed by atoms with Gasteiger partial charge in [-0.3, -0.25) is 9.79 Å². The van der Waals surface area contributed by atoms with Crippen molar-refractivity contribution in [3.63, 3.8) is 0 Å². The fourth-order valence-corrected chi connectivity index (χ4v) is 5.64. The molecular weight excluding hydrogens is 537 g/mol. The van der Waals surface area contributed by atoms with E-state index in [4.69, 9.17) is 0 Å². The molecule has 3 rings (SSSR count). The Labute approximate surface area is 214 Å². The summed E-state index contributed by atoms with van der Waals surface area (Å²) in [7, 11) is 5.48.